The molecular weight excluding hydrogens is 326 g/mol. The number of quaternary nitrogens is 1. The van der Waals surface area contributed by atoms with Crippen molar-refractivity contribution in [3.63, 3.8) is 0 Å². The standard InChI is InChI=1S/C21H25N3O2/c1-18(26-22-16-19-8-4-2-5-9-19)21(25)24-14-12-23(13-15-24)17-20-10-6-3-7-11-20/h2-11,16,18H,12-15,17H2,1H3/p+1/b22-16-/t18-/m1/s1. The molecule has 3 rings (SSSR count). The molecule has 1 aliphatic rings. The SMILES string of the molecule is C[C@@H](O/N=C\c1ccccc1)C(=O)N1CC[NH+](Cc2ccccc2)CC1. The van der Waals surface area contributed by atoms with E-state index < -0.39 is 6.10 Å². The van der Waals surface area contributed by atoms with Gasteiger partial charge in [-0.1, -0.05) is 65.8 Å². The van der Waals surface area contributed by atoms with Crippen LogP contribution in [0.1, 0.15) is 18.1 Å². The molecule has 1 atom stereocenters. The second-order valence-electron chi connectivity index (χ2n) is 6.63. The second-order valence-corrected chi connectivity index (χ2v) is 6.63. The lowest BCUT2D eigenvalue weighted by Gasteiger charge is -2.33. The summed E-state index contributed by atoms with van der Waals surface area (Å²) in [5.41, 5.74) is 2.29. The van der Waals surface area contributed by atoms with Gasteiger partial charge < -0.3 is 14.6 Å². The largest absolute Gasteiger partial charge is 0.383 e. The monoisotopic (exact) mass is 352 g/mol. The number of nitrogens with one attached hydrogen (secondary N) is 1. The molecule has 1 N–H and O–H groups in total. The molecule has 1 amide bonds. The van der Waals surface area contributed by atoms with Gasteiger partial charge in [0.2, 0.25) is 6.10 Å². The number of nitrogens with zero attached hydrogens (tertiary/aromatic N) is 2. The van der Waals surface area contributed by atoms with Gasteiger partial charge in [0.05, 0.1) is 32.4 Å². The molecule has 1 fully saturated rings. The number of carbonyl (C=O) groups is 1. The highest BCUT2D eigenvalue weighted by Gasteiger charge is 2.27. The summed E-state index contributed by atoms with van der Waals surface area (Å²) in [5, 5.41) is 3.95. The molecule has 0 saturated carbocycles. The number of amides is 1. The fraction of sp³-hybridized carbons (Fsp3) is 0.333. The quantitative estimate of drug-likeness (QED) is 0.630. The van der Waals surface area contributed by atoms with E-state index in [4.69, 9.17) is 4.84 Å². The van der Waals surface area contributed by atoms with Crippen LogP contribution in [0.25, 0.3) is 0 Å². The van der Waals surface area contributed by atoms with Crippen molar-refractivity contribution < 1.29 is 14.5 Å². The third-order valence-corrected chi connectivity index (χ3v) is 4.65. The van der Waals surface area contributed by atoms with Crippen LogP contribution in [0.3, 0.4) is 0 Å². The maximum Gasteiger partial charge on any atom is 0.266 e. The van der Waals surface area contributed by atoms with Gasteiger partial charge in [0.15, 0.2) is 0 Å². The minimum absolute atomic E-state index is 0.00831. The number of carbonyl (C=O) groups excluding carboxylic acids is 1. The summed E-state index contributed by atoms with van der Waals surface area (Å²) in [6.45, 7) is 6.21. The summed E-state index contributed by atoms with van der Waals surface area (Å²) in [5.74, 6) is 0.00831. The Balaban J connectivity index is 1.43. The normalized spacial score (nSPS) is 16.6. The van der Waals surface area contributed by atoms with Crippen LogP contribution in [0.5, 0.6) is 0 Å². The van der Waals surface area contributed by atoms with Crippen molar-refractivity contribution in [1.29, 1.82) is 0 Å². The van der Waals surface area contributed by atoms with E-state index >= 15 is 0 Å². The molecule has 0 bridgehead atoms. The van der Waals surface area contributed by atoms with E-state index in [1.165, 1.54) is 10.5 Å². The lowest BCUT2D eigenvalue weighted by molar-refractivity contribution is -0.917. The first-order chi connectivity index (χ1) is 12.7. The highest BCUT2D eigenvalue weighted by Crippen LogP contribution is 2.03. The fourth-order valence-electron chi connectivity index (χ4n) is 3.13. The van der Waals surface area contributed by atoms with Crippen LogP contribution in [0.15, 0.2) is 65.8 Å². The minimum atomic E-state index is -0.564. The van der Waals surface area contributed by atoms with E-state index in [0.717, 1.165) is 38.3 Å². The zero-order valence-electron chi connectivity index (χ0n) is 15.2. The van der Waals surface area contributed by atoms with Gasteiger partial charge in [0, 0.05) is 5.56 Å². The molecule has 0 unspecified atom stereocenters. The van der Waals surface area contributed by atoms with Crippen LogP contribution < -0.4 is 4.90 Å². The van der Waals surface area contributed by atoms with Crippen LogP contribution in [0, 0.1) is 0 Å². The Morgan fingerprint density at radius 1 is 1.12 bits per heavy atom. The summed E-state index contributed by atoms with van der Waals surface area (Å²) in [7, 11) is 0. The van der Waals surface area contributed by atoms with E-state index in [9.17, 15) is 4.79 Å². The van der Waals surface area contributed by atoms with E-state index in [1.54, 1.807) is 13.1 Å². The first-order valence-electron chi connectivity index (χ1n) is 9.13. The molecule has 0 aromatic heterocycles. The molecule has 0 radical (unpaired) electrons. The third kappa shape index (κ3) is 5.17. The second kappa shape index (κ2) is 9.15. The Labute approximate surface area is 154 Å². The van der Waals surface area contributed by atoms with Gasteiger partial charge in [-0.25, -0.2) is 0 Å². The predicted molar refractivity (Wildman–Crippen MR) is 102 cm³/mol. The summed E-state index contributed by atoms with van der Waals surface area (Å²) >= 11 is 0. The van der Waals surface area contributed by atoms with Crippen LogP contribution in [-0.4, -0.2) is 49.3 Å². The molecule has 1 heterocycles. The minimum Gasteiger partial charge on any atom is -0.383 e. The lowest BCUT2D eigenvalue weighted by atomic mass is 10.2. The fourth-order valence-corrected chi connectivity index (χ4v) is 3.13. The highest BCUT2D eigenvalue weighted by molar-refractivity contribution is 5.81. The van der Waals surface area contributed by atoms with Gasteiger partial charge >= 0.3 is 0 Å². The maximum absolute atomic E-state index is 12.5. The van der Waals surface area contributed by atoms with Crippen molar-refractivity contribution in [3.05, 3.63) is 71.8 Å². The summed E-state index contributed by atoms with van der Waals surface area (Å²) in [4.78, 5) is 21.3. The molecule has 1 saturated heterocycles. The van der Waals surface area contributed by atoms with E-state index in [-0.39, 0.29) is 5.91 Å². The third-order valence-electron chi connectivity index (χ3n) is 4.65. The Morgan fingerprint density at radius 3 is 2.38 bits per heavy atom. The summed E-state index contributed by atoms with van der Waals surface area (Å²) in [6.07, 6.45) is 1.07. The zero-order valence-corrected chi connectivity index (χ0v) is 15.2. The van der Waals surface area contributed by atoms with Crippen LogP contribution in [0.2, 0.25) is 0 Å². The molecule has 136 valence electrons. The molecule has 5 heteroatoms. The van der Waals surface area contributed by atoms with E-state index in [0.29, 0.717) is 0 Å². The molecule has 1 aliphatic heterocycles. The number of hydrogen-bond donors (Lipinski definition) is 1. The average Bonchev–Trinajstić information content (AvgIpc) is 2.69. The Morgan fingerprint density at radius 2 is 1.73 bits per heavy atom. The van der Waals surface area contributed by atoms with Crippen LogP contribution in [0.4, 0.5) is 0 Å². The first-order valence-corrected chi connectivity index (χ1v) is 9.13. The smallest absolute Gasteiger partial charge is 0.266 e. The molecular formula is C21H26N3O2+. The Bertz CT molecular complexity index is 711. The van der Waals surface area contributed by atoms with Gasteiger partial charge in [-0.2, -0.15) is 0 Å². The highest BCUT2D eigenvalue weighted by atomic mass is 16.6. The van der Waals surface area contributed by atoms with Crippen molar-refractivity contribution in [2.24, 2.45) is 5.16 Å². The van der Waals surface area contributed by atoms with E-state index in [2.05, 4.69) is 29.4 Å². The molecule has 2 aromatic rings. The molecule has 0 spiro atoms. The number of oxime groups is 1. The van der Waals surface area contributed by atoms with Gasteiger partial charge in [0.25, 0.3) is 5.91 Å². The number of hydrogen-bond acceptors (Lipinski definition) is 3. The van der Waals surface area contributed by atoms with Gasteiger partial charge in [0.1, 0.15) is 6.54 Å². The maximum atomic E-state index is 12.5. The van der Waals surface area contributed by atoms with Gasteiger partial charge in [-0.15, -0.1) is 0 Å². The number of benzene rings is 2. The van der Waals surface area contributed by atoms with Crippen molar-refractivity contribution in [1.82, 2.24) is 4.90 Å². The van der Waals surface area contributed by atoms with Crippen LogP contribution in [-0.2, 0) is 16.2 Å². The predicted octanol–water partition coefficient (Wildman–Crippen LogP) is 1.35. The lowest BCUT2D eigenvalue weighted by Crippen LogP contribution is -3.13. The number of piperazine rings is 1. The first kappa shape index (κ1) is 18.1. The topological polar surface area (TPSA) is 46.3 Å². The molecule has 0 aliphatic carbocycles. The average molecular weight is 352 g/mol. The van der Waals surface area contributed by atoms with Gasteiger partial charge in [-0.3, -0.25) is 4.79 Å². The zero-order chi connectivity index (χ0) is 18.2. The summed E-state index contributed by atoms with van der Waals surface area (Å²) in [6, 6.07) is 20.2. The van der Waals surface area contributed by atoms with Crippen molar-refractivity contribution >= 4 is 12.1 Å². The van der Waals surface area contributed by atoms with Crippen LogP contribution >= 0.6 is 0 Å². The molecule has 5 nitrogen and oxygen atoms in total. The van der Waals surface area contributed by atoms with Crippen molar-refractivity contribution in [2.45, 2.75) is 19.6 Å². The van der Waals surface area contributed by atoms with Crippen molar-refractivity contribution in [2.75, 3.05) is 26.2 Å². The number of rotatable bonds is 6. The molecule has 26 heavy (non-hydrogen) atoms. The van der Waals surface area contributed by atoms with Crippen molar-refractivity contribution in [3.8, 4) is 0 Å². The van der Waals surface area contributed by atoms with E-state index in [1.807, 2.05) is 41.3 Å². The van der Waals surface area contributed by atoms with Gasteiger partial charge in [-0.05, 0) is 12.5 Å². The Kier molecular flexibility index (Phi) is 6.39. The summed E-state index contributed by atoms with van der Waals surface area (Å²) < 4.78 is 0. The molecule has 2 aromatic carbocycles. The Hall–Kier alpha value is -2.66.